The number of nitrogens with zero attached hydrogens (tertiary/aromatic N) is 6. The van der Waals surface area contributed by atoms with Crippen LogP contribution in [0.25, 0.3) is 11.4 Å². The number of rotatable bonds is 3. The van der Waals surface area contributed by atoms with Crippen molar-refractivity contribution in [3.8, 4) is 11.4 Å². The van der Waals surface area contributed by atoms with Gasteiger partial charge in [0.2, 0.25) is 5.82 Å². The normalized spacial score (nSPS) is 10.2. The molecule has 0 fully saturated rings. The molecule has 6 nitrogen and oxygen atoms in total. The molecule has 0 atom stereocenters. The van der Waals surface area contributed by atoms with Crippen LogP contribution in [0.2, 0.25) is 0 Å². The summed E-state index contributed by atoms with van der Waals surface area (Å²) >= 11 is 0. The first kappa shape index (κ1) is 12.2. The highest BCUT2D eigenvalue weighted by molar-refractivity contribution is 5.59. The van der Waals surface area contributed by atoms with E-state index in [2.05, 4.69) is 20.4 Å². The third kappa shape index (κ3) is 2.53. The summed E-state index contributed by atoms with van der Waals surface area (Å²) < 4.78 is 0. The van der Waals surface area contributed by atoms with Gasteiger partial charge in [-0.15, -0.1) is 20.4 Å². The fourth-order valence-corrected chi connectivity index (χ4v) is 1.43. The van der Waals surface area contributed by atoms with E-state index in [1.165, 1.54) is 0 Å². The molecule has 1 aromatic carbocycles. The summed E-state index contributed by atoms with van der Waals surface area (Å²) in [5.41, 5.74) is 2.04. The van der Waals surface area contributed by atoms with Gasteiger partial charge in [0.15, 0.2) is 0 Å². The number of hydrogen-bond donors (Lipinski definition) is 0. The van der Waals surface area contributed by atoms with Crippen molar-refractivity contribution >= 4 is 11.6 Å². The van der Waals surface area contributed by atoms with Gasteiger partial charge in [-0.3, -0.25) is 0 Å². The summed E-state index contributed by atoms with van der Waals surface area (Å²) in [6.07, 6.45) is 0. The maximum atomic E-state index is 4.07. The topological polar surface area (TPSA) is 58.0 Å². The van der Waals surface area contributed by atoms with E-state index >= 15 is 0 Å². The summed E-state index contributed by atoms with van der Waals surface area (Å²) in [4.78, 5) is 3.80. The van der Waals surface area contributed by atoms with E-state index in [1.807, 2.05) is 57.4 Å². The average Bonchev–Trinajstić information content (AvgIpc) is 2.39. The predicted octanol–water partition coefficient (Wildman–Crippen LogP) is 1.07. The Labute approximate surface area is 106 Å². The highest BCUT2D eigenvalue weighted by Crippen LogP contribution is 2.18. The van der Waals surface area contributed by atoms with Crippen LogP contribution in [-0.2, 0) is 0 Å². The lowest BCUT2D eigenvalue weighted by Gasteiger charge is -2.12. The van der Waals surface area contributed by atoms with Crippen LogP contribution in [0.3, 0.4) is 0 Å². The number of anilines is 2. The molecule has 0 amide bonds. The lowest BCUT2D eigenvalue weighted by Crippen LogP contribution is -2.14. The predicted molar refractivity (Wildman–Crippen MR) is 71.7 cm³/mol. The molecule has 1 heterocycles. The van der Waals surface area contributed by atoms with Gasteiger partial charge in [-0.1, -0.05) is 0 Å². The van der Waals surface area contributed by atoms with Crippen LogP contribution in [0.4, 0.5) is 11.6 Å². The SMILES string of the molecule is CN(C)c1ccc(-c2nnc(N(C)C)nn2)cc1. The van der Waals surface area contributed by atoms with E-state index in [1.54, 1.807) is 4.90 Å². The largest absolute Gasteiger partial charge is 0.378 e. The minimum Gasteiger partial charge on any atom is -0.378 e. The van der Waals surface area contributed by atoms with Gasteiger partial charge in [0.1, 0.15) is 0 Å². The van der Waals surface area contributed by atoms with Gasteiger partial charge in [0.05, 0.1) is 0 Å². The van der Waals surface area contributed by atoms with Crippen LogP contribution in [0.15, 0.2) is 24.3 Å². The smallest absolute Gasteiger partial charge is 0.264 e. The van der Waals surface area contributed by atoms with Gasteiger partial charge in [-0.2, -0.15) is 0 Å². The molecule has 1 aromatic heterocycles. The van der Waals surface area contributed by atoms with Crippen molar-refractivity contribution in [3.05, 3.63) is 24.3 Å². The molecule has 0 N–H and O–H groups in total. The highest BCUT2D eigenvalue weighted by Gasteiger charge is 2.05. The fourth-order valence-electron chi connectivity index (χ4n) is 1.43. The molecule has 18 heavy (non-hydrogen) atoms. The maximum absolute atomic E-state index is 4.07. The Hall–Kier alpha value is -2.24. The summed E-state index contributed by atoms with van der Waals surface area (Å²) in [6.45, 7) is 0. The first-order valence-corrected chi connectivity index (χ1v) is 5.60. The molecule has 6 heteroatoms. The Bertz CT molecular complexity index is 454. The van der Waals surface area contributed by atoms with E-state index in [0.717, 1.165) is 11.3 Å². The van der Waals surface area contributed by atoms with E-state index < -0.39 is 0 Å². The Kier molecular flexibility index (Phi) is 3.36. The zero-order valence-corrected chi connectivity index (χ0v) is 11.0. The van der Waals surface area contributed by atoms with Gasteiger partial charge in [0.25, 0.3) is 5.95 Å². The zero-order valence-electron chi connectivity index (χ0n) is 11.0. The van der Waals surface area contributed by atoms with E-state index in [-0.39, 0.29) is 0 Å². The third-order valence-electron chi connectivity index (χ3n) is 2.51. The molecule has 0 saturated heterocycles. The molecule has 2 aromatic rings. The van der Waals surface area contributed by atoms with Crippen molar-refractivity contribution in [1.82, 2.24) is 20.4 Å². The Morgan fingerprint density at radius 2 is 1.28 bits per heavy atom. The molecule has 0 radical (unpaired) electrons. The highest BCUT2D eigenvalue weighted by atomic mass is 15.4. The van der Waals surface area contributed by atoms with E-state index in [0.29, 0.717) is 11.8 Å². The second-order valence-corrected chi connectivity index (χ2v) is 4.36. The summed E-state index contributed by atoms with van der Waals surface area (Å²) in [5.74, 6) is 1.04. The third-order valence-corrected chi connectivity index (χ3v) is 2.51. The molecular formula is C12H16N6. The molecule has 0 aliphatic heterocycles. The average molecular weight is 244 g/mol. The van der Waals surface area contributed by atoms with Crippen LogP contribution < -0.4 is 9.80 Å². The van der Waals surface area contributed by atoms with E-state index in [9.17, 15) is 0 Å². The van der Waals surface area contributed by atoms with Crippen LogP contribution in [0, 0.1) is 0 Å². The van der Waals surface area contributed by atoms with Gasteiger partial charge in [-0.05, 0) is 24.3 Å². The lowest BCUT2D eigenvalue weighted by atomic mass is 10.2. The Morgan fingerprint density at radius 1 is 0.722 bits per heavy atom. The summed E-state index contributed by atoms with van der Waals surface area (Å²) in [7, 11) is 7.70. The van der Waals surface area contributed by atoms with Crippen molar-refractivity contribution in [1.29, 1.82) is 0 Å². The van der Waals surface area contributed by atoms with Crippen molar-refractivity contribution in [3.63, 3.8) is 0 Å². The standard InChI is InChI=1S/C12H16N6/c1-17(2)10-7-5-9(6-8-10)11-13-15-12(16-14-11)18(3)4/h5-8H,1-4H3. The van der Waals surface area contributed by atoms with Crippen molar-refractivity contribution in [2.45, 2.75) is 0 Å². The number of hydrogen-bond acceptors (Lipinski definition) is 6. The zero-order chi connectivity index (χ0) is 13.1. The molecule has 0 aliphatic rings. The monoisotopic (exact) mass is 244 g/mol. The second-order valence-electron chi connectivity index (χ2n) is 4.36. The molecule has 0 aliphatic carbocycles. The van der Waals surface area contributed by atoms with Gasteiger partial charge < -0.3 is 9.80 Å². The van der Waals surface area contributed by atoms with Gasteiger partial charge >= 0.3 is 0 Å². The minimum atomic E-state index is 0.503. The van der Waals surface area contributed by atoms with Crippen molar-refractivity contribution < 1.29 is 0 Å². The minimum absolute atomic E-state index is 0.503. The van der Waals surface area contributed by atoms with E-state index in [4.69, 9.17) is 0 Å². The van der Waals surface area contributed by atoms with Crippen molar-refractivity contribution in [2.75, 3.05) is 38.0 Å². The first-order valence-electron chi connectivity index (χ1n) is 5.60. The van der Waals surface area contributed by atoms with Crippen LogP contribution >= 0.6 is 0 Å². The van der Waals surface area contributed by atoms with Crippen LogP contribution in [-0.4, -0.2) is 48.6 Å². The molecular weight excluding hydrogens is 228 g/mol. The maximum Gasteiger partial charge on any atom is 0.264 e. The molecule has 0 saturated carbocycles. The van der Waals surface area contributed by atoms with Crippen LogP contribution in [0.5, 0.6) is 0 Å². The Morgan fingerprint density at radius 3 is 1.72 bits per heavy atom. The van der Waals surface area contributed by atoms with Crippen LogP contribution in [0.1, 0.15) is 0 Å². The molecule has 94 valence electrons. The quantitative estimate of drug-likeness (QED) is 0.805. The Balaban J connectivity index is 2.25. The number of aromatic nitrogens is 4. The fraction of sp³-hybridized carbons (Fsp3) is 0.333. The molecule has 0 unspecified atom stereocenters. The molecule has 0 bridgehead atoms. The number of benzene rings is 1. The molecule has 2 rings (SSSR count). The van der Waals surface area contributed by atoms with Gasteiger partial charge in [0, 0.05) is 39.4 Å². The summed E-state index contributed by atoms with van der Waals surface area (Å²) in [6, 6.07) is 7.95. The first-order chi connectivity index (χ1) is 8.58. The van der Waals surface area contributed by atoms with Crippen molar-refractivity contribution in [2.24, 2.45) is 0 Å². The van der Waals surface area contributed by atoms with Gasteiger partial charge in [-0.25, -0.2) is 0 Å². The lowest BCUT2D eigenvalue weighted by molar-refractivity contribution is 0.830. The second kappa shape index (κ2) is 4.95. The summed E-state index contributed by atoms with van der Waals surface area (Å²) in [5, 5.41) is 16.1. The molecule has 0 spiro atoms.